The van der Waals surface area contributed by atoms with Crippen LogP contribution in [0.4, 0.5) is 0 Å². The predicted octanol–water partition coefficient (Wildman–Crippen LogP) is 3.37. The van der Waals surface area contributed by atoms with Crippen LogP contribution in [-0.2, 0) is 0 Å². The third-order valence-corrected chi connectivity index (χ3v) is 1.79. The summed E-state index contributed by atoms with van der Waals surface area (Å²) in [4.78, 5) is 2.76. The Bertz CT molecular complexity index is 136. The number of hydrogen-bond acceptors (Lipinski definition) is 1. The Balaban J connectivity index is 3.66. The molecule has 0 aromatic heterocycles. The van der Waals surface area contributed by atoms with Gasteiger partial charge in [-0.05, 0) is 23.8 Å². The van der Waals surface area contributed by atoms with E-state index in [4.69, 9.17) is 5.53 Å². The molecule has 0 heterocycles. The van der Waals surface area contributed by atoms with Gasteiger partial charge in [0.15, 0.2) is 0 Å². The molecule has 0 aliphatic carbocycles. The highest BCUT2D eigenvalue weighted by Crippen LogP contribution is 2.15. The van der Waals surface area contributed by atoms with E-state index >= 15 is 0 Å². The van der Waals surface area contributed by atoms with Crippen LogP contribution in [0.15, 0.2) is 5.11 Å². The first-order valence-corrected chi connectivity index (χ1v) is 4.21. The molecule has 0 bridgehead atoms. The third kappa shape index (κ3) is 5.74. The fraction of sp³-hybridized carbons (Fsp3) is 1.00. The van der Waals surface area contributed by atoms with Crippen molar-refractivity contribution in [3.63, 3.8) is 0 Å². The molecule has 3 nitrogen and oxygen atoms in total. The number of azide groups is 1. The third-order valence-electron chi connectivity index (χ3n) is 1.79. The normalized spacial score (nSPS) is 12.7. The van der Waals surface area contributed by atoms with E-state index in [0.29, 0.717) is 18.4 Å². The maximum Gasteiger partial charge on any atom is 0.0286 e. The van der Waals surface area contributed by atoms with Crippen molar-refractivity contribution < 1.29 is 0 Å². The first kappa shape index (κ1) is 10.3. The molecule has 64 valence electrons. The lowest BCUT2D eigenvalue weighted by molar-refractivity contribution is 0.406. The van der Waals surface area contributed by atoms with E-state index in [1.807, 2.05) is 0 Å². The van der Waals surface area contributed by atoms with E-state index in [1.165, 1.54) is 0 Å². The van der Waals surface area contributed by atoms with Gasteiger partial charge in [0.05, 0.1) is 0 Å². The van der Waals surface area contributed by atoms with Crippen LogP contribution in [0.5, 0.6) is 0 Å². The number of hydrogen-bond donors (Lipinski definition) is 0. The molecular weight excluding hydrogens is 138 g/mol. The molecule has 0 saturated carbocycles. The quantitative estimate of drug-likeness (QED) is 0.332. The van der Waals surface area contributed by atoms with Crippen LogP contribution in [-0.4, -0.2) is 6.54 Å². The zero-order chi connectivity index (χ0) is 8.69. The van der Waals surface area contributed by atoms with Crippen molar-refractivity contribution in [3.8, 4) is 0 Å². The van der Waals surface area contributed by atoms with E-state index in [1.54, 1.807) is 0 Å². The maximum atomic E-state index is 8.10. The molecule has 0 N–H and O–H groups in total. The number of rotatable bonds is 5. The minimum atomic E-state index is 0.575. The van der Waals surface area contributed by atoms with Crippen molar-refractivity contribution in [1.82, 2.24) is 0 Å². The van der Waals surface area contributed by atoms with E-state index in [-0.39, 0.29) is 0 Å². The zero-order valence-corrected chi connectivity index (χ0v) is 7.62. The summed E-state index contributed by atoms with van der Waals surface area (Å²) in [5, 5.41) is 3.58. The highest BCUT2D eigenvalue weighted by atomic mass is 15.1. The molecule has 0 aromatic rings. The Labute approximate surface area is 68.4 Å². The van der Waals surface area contributed by atoms with Crippen LogP contribution in [0.1, 0.15) is 33.6 Å². The van der Waals surface area contributed by atoms with Crippen molar-refractivity contribution in [2.75, 3.05) is 6.54 Å². The molecule has 0 saturated heterocycles. The van der Waals surface area contributed by atoms with Crippen molar-refractivity contribution in [1.29, 1.82) is 0 Å². The molecule has 0 spiro atoms. The van der Waals surface area contributed by atoms with E-state index in [0.717, 1.165) is 12.8 Å². The summed E-state index contributed by atoms with van der Waals surface area (Å²) >= 11 is 0. The minimum Gasteiger partial charge on any atom is -0.0937 e. The van der Waals surface area contributed by atoms with Gasteiger partial charge in [0.1, 0.15) is 0 Å². The summed E-state index contributed by atoms with van der Waals surface area (Å²) in [5.41, 5.74) is 8.10. The molecular formula is C8H17N3. The number of nitrogens with zero attached hydrogens (tertiary/aromatic N) is 3. The van der Waals surface area contributed by atoms with Gasteiger partial charge in [0, 0.05) is 11.5 Å². The van der Waals surface area contributed by atoms with E-state index in [9.17, 15) is 0 Å². The molecule has 0 aliphatic heterocycles. The van der Waals surface area contributed by atoms with Crippen molar-refractivity contribution in [2.24, 2.45) is 17.0 Å². The van der Waals surface area contributed by atoms with Gasteiger partial charge in [0.2, 0.25) is 0 Å². The molecule has 0 radical (unpaired) electrons. The van der Waals surface area contributed by atoms with Gasteiger partial charge < -0.3 is 0 Å². The SMILES string of the molecule is CC[C@@H](CN=[N+]=[N-])CC(C)C. The van der Waals surface area contributed by atoms with Crippen molar-refractivity contribution in [2.45, 2.75) is 33.6 Å². The van der Waals surface area contributed by atoms with Crippen LogP contribution in [0.2, 0.25) is 0 Å². The van der Waals surface area contributed by atoms with Crippen molar-refractivity contribution >= 4 is 0 Å². The fourth-order valence-corrected chi connectivity index (χ4v) is 1.19. The van der Waals surface area contributed by atoms with Crippen LogP contribution in [0, 0.1) is 11.8 Å². The monoisotopic (exact) mass is 155 g/mol. The average Bonchev–Trinajstić information content (AvgIpc) is 1.97. The molecule has 0 aliphatic rings. The van der Waals surface area contributed by atoms with Gasteiger partial charge in [-0.2, -0.15) is 0 Å². The standard InChI is InChI=1S/C8H17N3/c1-4-8(5-7(2)3)6-10-11-9/h7-8H,4-6H2,1-3H3/t8-/m1/s1. The summed E-state index contributed by atoms with van der Waals surface area (Å²) in [7, 11) is 0. The molecule has 1 atom stereocenters. The van der Waals surface area contributed by atoms with Crippen LogP contribution >= 0.6 is 0 Å². The lowest BCUT2D eigenvalue weighted by Crippen LogP contribution is -2.06. The average molecular weight is 155 g/mol. The van der Waals surface area contributed by atoms with Crippen LogP contribution in [0.25, 0.3) is 10.4 Å². The Morgan fingerprint density at radius 2 is 2.09 bits per heavy atom. The van der Waals surface area contributed by atoms with Gasteiger partial charge in [-0.1, -0.05) is 32.3 Å². The molecule has 0 amide bonds. The van der Waals surface area contributed by atoms with Gasteiger partial charge in [0.25, 0.3) is 0 Å². The molecule has 0 unspecified atom stereocenters. The summed E-state index contributed by atoms with van der Waals surface area (Å²) in [6.45, 7) is 7.18. The second-order valence-electron chi connectivity index (χ2n) is 3.32. The van der Waals surface area contributed by atoms with Gasteiger partial charge >= 0.3 is 0 Å². The summed E-state index contributed by atoms with van der Waals surface area (Å²) in [6.07, 6.45) is 2.27. The summed E-state index contributed by atoms with van der Waals surface area (Å²) in [5.74, 6) is 1.28. The first-order chi connectivity index (χ1) is 5.20. The molecule has 0 aromatic carbocycles. The van der Waals surface area contributed by atoms with Crippen LogP contribution in [0.3, 0.4) is 0 Å². The van der Waals surface area contributed by atoms with E-state index in [2.05, 4.69) is 30.8 Å². The highest BCUT2D eigenvalue weighted by Gasteiger charge is 2.06. The summed E-state index contributed by atoms with van der Waals surface area (Å²) < 4.78 is 0. The zero-order valence-electron chi connectivity index (χ0n) is 7.62. The Kier molecular flexibility index (Phi) is 5.67. The topological polar surface area (TPSA) is 48.8 Å². The second-order valence-corrected chi connectivity index (χ2v) is 3.32. The Hall–Kier alpha value is -0.690. The minimum absolute atomic E-state index is 0.575. The van der Waals surface area contributed by atoms with Gasteiger partial charge in [-0.25, -0.2) is 0 Å². The second kappa shape index (κ2) is 6.05. The largest absolute Gasteiger partial charge is 0.0937 e. The van der Waals surface area contributed by atoms with Crippen LogP contribution < -0.4 is 0 Å². The van der Waals surface area contributed by atoms with Gasteiger partial charge in [-0.3, -0.25) is 0 Å². The summed E-state index contributed by atoms with van der Waals surface area (Å²) in [6, 6.07) is 0. The molecule has 3 heteroatoms. The van der Waals surface area contributed by atoms with Crippen molar-refractivity contribution in [3.05, 3.63) is 10.4 Å². The first-order valence-electron chi connectivity index (χ1n) is 4.21. The maximum absolute atomic E-state index is 8.10. The lowest BCUT2D eigenvalue weighted by Gasteiger charge is -2.13. The lowest BCUT2D eigenvalue weighted by atomic mass is 9.95. The molecule has 0 fully saturated rings. The van der Waals surface area contributed by atoms with E-state index < -0.39 is 0 Å². The Morgan fingerprint density at radius 3 is 2.45 bits per heavy atom. The predicted molar refractivity (Wildman–Crippen MR) is 47.2 cm³/mol. The fourth-order valence-electron chi connectivity index (χ4n) is 1.19. The smallest absolute Gasteiger partial charge is 0.0286 e. The van der Waals surface area contributed by atoms with Gasteiger partial charge in [-0.15, -0.1) is 0 Å². The Morgan fingerprint density at radius 1 is 1.45 bits per heavy atom. The molecule has 11 heavy (non-hydrogen) atoms. The highest BCUT2D eigenvalue weighted by molar-refractivity contribution is 4.62. The molecule has 0 rings (SSSR count).